The smallest absolute Gasteiger partial charge is 0.242 e. The largest absolute Gasteiger partial charge is 0.497 e. The number of carbonyl (C=O) groups excluding carboxylic acids is 2. The number of hydrogen-bond acceptors (Lipinski definition) is 5. The second-order valence-electron chi connectivity index (χ2n) is 8.94. The molecule has 0 fully saturated rings. The van der Waals surface area contributed by atoms with Crippen molar-refractivity contribution in [2.75, 3.05) is 24.2 Å². The van der Waals surface area contributed by atoms with E-state index < -0.39 is 16.1 Å². The molecule has 1 atom stereocenters. The normalized spacial score (nSPS) is 12.2. The van der Waals surface area contributed by atoms with Crippen LogP contribution in [0.5, 0.6) is 5.75 Å². The molecular weight excluding hydrogens is 466 g/mol. The van der Waals surface area contributed by atoms with Crippen molar-refractivity contribution in [2.45, 2.75) is 59.2 Å². The molecule has 2 aromatic rings. The van der Waals surface area contributed by atoms with Crippen molar-refractivity contribution < 1.29 is 22.7 Å². The van der Waals surface area contributed by atoms with Crippen LogP contribution in [-0.4, -0.2) is 57.1 Å². The molecule has 1 unspecified atom stereocenters. The third-order valence-corrected chi connectivity index (χ3v) is 6.80. The number of methoxy groups -OCH3 is 1. The highest BCUT2D eigenvalue weighted by atomic mass is 32.2. The van der Waals surface area contributed by atoms with Crippen molar-refractivity contribution in [1.82, 2.24) is 10.2 Å². The molecule has 2 aromatic carbocycles. The van der Waals surface area contributed by atoms with E-state index in [1.807, 2.05) is 57.2 Å². The Balaban J connectivity index is 2.20. The molecule has 0 aromatic heterocycles. The highest BCUT2D eigenvalue weighted by molar-refractivity contribution is 7.92. The third kappa shape index (κ3) is 8.28. The van der Waals surface area contributed by atoms with Gasteiger partial charge in [-0.25, -0.2) is 8.42 Å². The molecule has 192 valence electrons. The summed E-state index contributed by atoms with van der Waals surface area (Å²) in [7, 11) is -1.96. The van der Waals surface area contributed by atoms with Crippen molar-refractivity contribution >= 4 is 27.5 Å². The van der Waals surface area contributed by atoms with E-state index in [1.165, 1.54) is 9.21 Å². The van der Waals surface area contributed by atoms with E-state index in [-0.39, 0.29) is 37.4 Å². The summed E-state index contributed by atoms with van der Waals surface area (Å²) in [6.07, 6.45) is 1.57. The number of carbonyl (C=O) groups is 2. The minimum atomic E-state index is -3.53. The van der Waals surface area contributed by atoms with E-state index in [0.29, 0.717) is 17.9 Å². The number of benzene rings is 2. The summed E-state index contributed by atoms with van der Waals surface area (Å²) in [5.74, 6) is 0.197. The molecule has 2 rings (SSSR count). The fourth-order valence-corrected chi connectivity index (χ4v) is 4.80. The van der Waals surface area contributed by atoms with Gasteiger partial charge in [0.15, 0.2) is 0 Å². The number of nitrogens with one attached hydrogen (secondary N) is 1. The lowest BCUT2D eigenvalue weighted by Gasteiger charge is -2.30. The minimum absolute atomic E-state index is 0.0591. The topological polar surface area (TPSA) is 96.0 Å². The van der Waals surface area contributed by atoms with E-state index in [2.05, 4.69) is 5.32 Å². The molecule has 1 N–H and O–H groups in total. The zero-order valence-electron chi connectivity index (χ0n) is 21.4. The standard InChI is InChI=1S/C26H37N3O5S/c1-19(2)27-26(31)21(4)28(18-22-12-9-13-23(17-22)34-5)25(30)15-10-16-29(35(6,32)33)24-14-8-7-11-20(24)3/h7-9,11-14,17,19,21H,10,15-16,18H2,1-6H3,(H,27,31). The van der Waals surface area contributed by atoms with Gasteiger partial charge in [0.1, 0.15) is 11.8 Å². The summed E-state index contributed by atoms with van der Waals surface area (Å²) >= 11 is 0. The SMILES string of the molecule is COc1cccc(CN(C(=O)CCCN(c2ccccc2C)S(C)(=O)=O)C(C)C(=O)NC(C)C)c1. The average molecular weight is 504 g/mol. The maximum absolute atomic E-state index is 13.3. The monoisotopic (exact) mass is 503 g/mol. The molecular formula is C26H37N3O5S. The molecule has 0 aliphatic carbocycles. The van der Waals surface area contributed by atoms with Gasteiger partial charge in [0.05, 0.1) is 19.1 Å². The van der Waals surface area contributed by atoms with E-state index in [1.54, 1.807) is 26.2 Å². The molecule has 8 nitrogen and oxygen atoms in total. The van der Waals surface area contributed by atoms with Crippen LogP contribution in [0.1, 0.15) is 44.7 Å². The summed E-state index contributed by atoms with van der Waals surface area (Å²) in [5, 5.41) is 2.86. The number of rotatable bonds is 12. The van der Waals surface area contributed by atoms with Crippen molar-refractivity contribution in [3.63, 3.8) is 0 Å². The van der Waals surface area contributed by atoms with Crippen LogP contribution in [0.25, 0.3) is 0 Å². The molecule has 0 radical (unpaired) electrons. The summed E-state index contributed by atoms with van der Waals surface area (Å²) < 4.78 is 31.5. The zero-order chi connectivity index (χ0) is 26.2. The average Bonchev–Trinajstić information content (AvgIpc) is 2.79. The first-order valence-electron chi connectivity index (χ1n) is 11.7. The Morgan fingerprint density at radius 1 is 1.06 bits per heavy atom. The molecule has 0 bridgehead atoms. The van der Waals surface area contributed by atoms with E-state index in [9.17, 15) is 18.0 Å². The molecule has 0 spiro atoms. The molecule has 0 saturated carbocycles. The van der Waals surface area contributed by atoms with Gasteiger partial charge in [-0.2, -0.15) is 0 Å². The third-order valence-electron chi connectivity index (χ3n) is 5.62. The second-order valence-corrected chi connectivity index (χ2v) is 10.8. The van der Waals surface area contributed by atoms with Gasteiger partial charge in [-0.1, -0.05) is 30.3 Å². The summed E-state index contributed by atoms with van der Waals surface area (Å²) in [5.41, 5.74) is 2.27. The summed E-state index contributed by atoms with van der Waals surface area (Å²) in [6.45, 7) is 7.68. The van der Waals surface area contributed by atoms with Gasteiger partial charge in [-0.05, 0) is 63.4 Å². The number of para-hydroxylation sites is 1. The number of sulfonamides is 1. The van der Waals surface area contributed by atoms with Gasteiger partial charge in [0, 0.05) is 25.6 Å². The van der Waals surface area contributed by atoms with E-state index in [0.717, 1.165) is 17.4 Å². The lowest BCUT2D eigenvalue weighted by molar-refractivity contribution is -0.140. The maximum Gasteiger partial charge on any atom is 0.242 e. The van der Waals surface area contributed by atoms with Gasteiger partial charge < -0.3 is 15.0 Å². The summed E-state index contributed by atoms with van der Waals surface area (Å²) in [4.78, 5) is 27.6. The van der Waals surface area contributed by atoms with Gasteiger partial charge in [0.2, 0.25) is 21.8 Å². The Hall–Kier alpha value is -3.07. The fraction of sp³-hybridized carbons (Fsp3) is 0.462. The molecule has 35 heavy (non-hydrogen) atoms. The first-order chi connectivity index (χ1) is 16.4. The number of amides is 2. The minimum Gasteiger partial charge on any atom is -0.497 e. The Bertz CT molecular complexity index is 1120. The predicted octanol–water partition coefficient (Wildman–Crippen LogP) is 3.49. The second kappa shape index (κ2) is 12.6. The Kier molecular flexibility index (Phi) is 10.1. The fourth-order valence-electron chi connectivity index (χ4n) is 3.78. The Morgan fingerprint density at radius 3 is 2.34 bits per heavy atom. The van der Waals surface area contributed by atoms with Crippen LogP contribution in [0.2, 0.25) is 0 Å². The number of nitrogens with zero attached hydrogens (tertiary/aromatic N) is 2. The number of hydrogen-bond donors (Lipinski definition) is 1. The van der Waals surface area contributed by atoms with Crippen molar-refractivity contribution in [3.05, 3.63) is 59.7 Å². The lowest BCUT2D eigenvalue weighted by Crippen LogP contribution is -2.49. The van der Waals surface area contributed by atoms with Crippen LogP contribution in [0.4, 0.5) is 5.69 Å². The Labute approximate surface area is 209 Å². The molecule has 0 aliphatic heterocycles. The van der Waals surface area contributed by atoms with Crippen LogP contribution in [0, 0.1) is 6.92 Å². The maximum atomic E-state index is 13.3. The Morgan fingerprint density at radius 2 is 1.74 bits per heavy atom. The molecule has 9 heteroatoms. The number of aryl methyl sites for hydroxylation is 1. The molecule has 0 heterocycles. The number of anilines is 1. The van der Waals surface area contributed by atoms with Crippen LogP contribution in [-0.2, 0) is 26.2 Å². The first-order valence-corrected chi connectivity index (χ1v) is 13.5. The van der Waals surface area contributed by atoms with Gasteiger partial charge in [0.25, 0.3) is 0 Å². The van der Waals surface area contributed by atoms with Crippen LogP contribution in [0.3, 0.4) is 0 Å². The highest BCUT2D eigenvalue weighted by Crippen LogP contribution is 2.23. The number of ether oxygens (including phenoxy) is 1. The highest BCUT2D eigenvalue weighted by Gasteiger charge is 2.27. The quantitative estimate of drug-likeness (QED) is 0.478. The van der Waals surface area contributed by atoms with Crippen molar-refractivity contribution in [3.8, 4) is 5.75 Å². The van der Waals surface area contributed by atoms with Gasteiger partial charge in [-0.15, -0.1) is 0 Å². The van der Waals surface area contributed by atoms with E-state index in [4.69, 9.17) is 4.74 Å². The summed E-state index contributed by atoms with van der Waals surface area (Å²) in [6, 6.07) is 13.8. The van der Waals surface area contributed by atoms with Crippen LogP contribution < -0.4 is 14.4 Å². The van der Waals surface area contributed by atoms with Crippen LogP contribution >= 0.6 is 0 Å². The van der Waals surface area contributed by atoms with Gasteiger partial charge in [-0.3, -0.25) is 13.9 Å². The lowest BCUT2D eigenvalue weighted by atomic mass is 10.1. The van der Waals surface area contributed by atoms with Gasteiger partial charge >= 0.3 is 0 Å². The zero-order valence-corrected chi connectivity index (χ0v) is 22.3. The first kappa shape index (κ1) is 28.2. The predicted molar refractivity (Wildman–Crippen MR) is 139 cm³/mol. The van der Waals surface area contributed by atoms with Crippen molar-refractivity contribution in [1.29, 1.82) is 0 Å². The molecule has 2 amide bonds. The molecule has 0 saturated heterocycles. The van der Waals surface area contributed by atoms with Crippen LogP contribution in [0.15, 0.2) is 48.5 Å². The molecule has 0 aliphatic rings. The van der Waals surface area contributed by atoms with E-state index >= 15 is 0 Å². The van der Waals surface area contributed by atoms with Crippen molar-refractivity contribution in [2.24, 2.45) is 0 Å².